The number of halogens is 1. The average Bonchev–Trinajstić information content (AvgIpc) is 3.26. The second-order valence-electron chi connectivity index (χ2n) is 10.9. The number of ether oxygens (including phenoxy) is 1. The summed E-state index contributed by atoms with van der Waals surface area (Å²) < 4.78 is 19.2. The number of nitrogens with one attached hydrogen (secondary N) is 1. The molecule has 45 heavy (non-hydrogen) atoms. The van der Waals surface area contributed by atoms with Gasteiger partial charge in [-0.05, 0) is 78.6 Å². The van der Waals surface area contributed by atoms with Gasteiger partial charge in [-0.25, -0.2) is 4.39 Å². The molecule has 1 N–H and O–H groups in total. The van der Waals surface area contributed by atoms with Crippen molar-refractivity contribution in [1.82, 2.24) is 0 Å². The summed E-state index contributed by atoms with van der Waals surface area (Å²) in [5.74, 6) is -0.101. The summed E-state index contributed by atoms with van der Waals surface area (Å²) in [4.78, 5) is 31.2. The lowest BCUT2D eigenvalue weighted by molar-refractivity contribution is 0.0986. The molecule has 0 saturated carbocycles. The highest BCUT2D eigenvalue weighted by atomic mass is 19.1. The number of anilines is 3. The number of amides is 2. The van der Waals surface area contributed by atoms with Gasteiger partial charge in [0.25, 0.3) is 11.8 Å². The lowest BCUT2D eigenvalue weighted by Crippen LogP contribution is -2.31. The minimum Gasteiger partial charge on any atom is -0.493 e. The van der Waals surface area contributed by atoms with Crippen LogP contribution < -0.4 is 19.9 Å². The Morgan fingerprint density at radius 3 is 2.29 bits per heavy atom. The first kappa shape index (κ1) is 29.6. The van der Waals surface area contributed by atoms with Gasteiger partial charge in [-0.2, -0.15) is 0 Å². The number of carbonyl (C=O) groups excluding carboxylic acids is 2. The smallest absolute Gasteiger partial charge is 0.258 e. The van der Waals surface area contributed by atoms with Crippen LogP contribution in [0.3, 0.4) is 0 Å². The molecule has 2 amide bonds. The lowest BCUT2D eigenvalue weighted by atomic mass is 9.99. The second kappa shape index (κ2) is 13.9. The van der Waals surface area contributed by atoms with Crippen molar-refractivity contribution in [1.29, 1.82) is 0 Å². The first-order valence-corrected chi connectivity index (χ1v) is 15.2. The molecular formula is C38H34FN3O3. The molecule has 0 aliphatic carbocycles. The van der Waals surface area contributed by atoms with Gasteiger partial charge >= 0.3 is 0 Å². The van der Waals surface area contributed by atoms with E-state index in [1.807, 2.05) is 83.8 Å². The second-order valence-corrected chi connectivity index (χ2v) is 10.9. The average molecular weight is 600 g/mol. The Kier molecular flexibility index (Phi) is 9.16. The molecule has 1 aliphatic rings. The quantitative estimate of drug-likeness (QED) is 0.174. The number of carbonyl (C=O) groups is 2. The van der Waals surface area contributed by atoms with Gasteiger partial charge in [0.15, 0.2) is 0 Å². The van der Waals surface area contributed by atoms with E-state index < -0.39 is 0 Å². The van der Waals surface area contributed by atoms with Crippen molar-refractivity contribution >= 4 is 28.9 Å². The van der Waals surface area contributed by atoms with Gasteiger partial charge in [0.2, 0.25) is 0 Å². The zero-order chi connectivity index (χ0) is 31.0. The highest BCUT2D eigenvalue weighted by molar-refractivity contribution is 6.10. The van der Waals surface area contributed by atoms with Gasteiger partial charge in [0.05, 0.1) is 18.0 Å². The molecule has 6 rings (SSSR count). The molecule has 0 aromatic heterocycles. The standard InChI is InChI=1S/C38H34FN3O3/c39-30-13-8-14-32(27-30)45-26-10-24-41-23-9-25-42(36-18-7-6-17-35(36)41)38(44)29-19-21-31(22-20-29)40-37(43)34-16-5-4-15-33(34)28-11-2-1-3-12-28/h1-8,11-22,27H,9-10,23-26H2,(H,40,43). The molecule has 0 unspecified atom stereocenters. The highest BCUT2D eigenvalue weighted by Crippen LogP contribution is 2.33. The molecule has 1 aliphatic heterocycles. The largest absolute Gasteiger partial charge is 0.493 e. The summed E-state index contributed by atoms with van der Waals surface area (Å²) in [5, 5.41) is 2.98. The van der Waals surface area contributed by atoms with E-state index >= 15 is 0 Å². The zero-order valence-corrected chi connectivity index (χ0v) is 24.9. The minimum atomic E-state index is -0.317. The highest BCUT2D eigenvalue weighted by Gasteiger charge is 2.25. The molecule has 0 fully saturated rings. The number of para-hydroxylation sites is 2. The van der Waals surface area contributed by atoms with Crippen molar-refractivity contribution in [2.75, 3.05) is 41.4 Å². The molecule has 0 radical (unpaired) electrons. The van der Waals surface area contributed by atoms with Crippen LogP contribution in [0.5, 0.6) is 5.75 Å². The van der Waals surface area contributed by atoms with E-state index in [0.29, 0.717) is 35.7 Å². The Hall–Kier alpha value is -5.43. The lowest BCUT2D eigenvalue weighted by Gasteiger charge is -2.27. The van der Waals surface area contributed by atoms with Crippen LogP contribution in [0.25, 0.3) is 11.1 Å². The summed E-state index contributed by atoms with van der Waals surface area (Å²) in [6.07, 6.45) is 1.56. The van der Waals surface area contributed by atoms with Crippen LogP contribution in [0.4, 0.5) is 21.5 Å². The van der Waals surface area contributed by atoms with Crippen molar-refractivity contribution in [3.8, 4) is 16.9 Å². The minimum absolute atomic E-state index is 0.0916. The fourth-order valence-electron chi connectivity index (χ4n) is 5.67. The fraction of sp³-hybridized carbons (Fsp3) is 0.158. The van der Waals surface area contributed by atoms with Gasteiger partial charge in [-0.3, -0.25) is 9.59 Å². The predicted molar refractivity (Wildman–Crippen MR) is 178 cm³/mol. The van der Waals surface area contributed by atoms with E-state index in [2.05, 4.69) is 10.2 Å². The number of benzene rings is 5. The van der Waals surface area contributed by atoms with Crippen LogP contribution in [0.1, 0.15) is 33.6 Å². The van der Waals surface area contributed by atoms with E-state index in [0.717, 1.165) is 48.4 Å². The summed E-state index contributed by atoms with van der Waals surface area (Å²) in [5.41, 5.74) is 5.42. The van der Waals surface area contributed by atoms with Gasteiger partial charge < -0.3 is 19.9 Å². The van der Waals surface area contributed by atoms with Gasteiger partial charge in [0.1, 0.15) is 11.6 Å². The summed E-state index contributed by atoms with van der Waals surface area (Å²) in [7, 11) is 0. The van der Waals surface area contributed by atoms with Gasteiger partial charge in [-0.1, -0.05) is 66.7 Å². The van der Waals surface area contributed by atoms with Crippen LogP contribution in [-0.4, -0.2) is 38.1 Å². The maximum Gasteiger partial charge on any atom is 0.258 e. The Bertz CT molecular complexity index is 1780. The zero-order valence-electron chi connectivity index (χ0n) is 24.9. The first-order chi connectivity index (χ1) is 22.1. The van der Waals surface area contributed by atoms with E-state index in [1.54, 1.807) is 36.4 Å². The van der Waals surface area contributed by atoms with Crippen LogP contribution in [0, 0.1) is 5.82 Å². The summed E-state index contributed by atoms with van der Waals surface area (Å²) in [6, 6.07) is 38.5. The number of hydrogen-bond acceptors (Lipinski definition) is 4. The molecular weight excluding hydrogens is 565 g/mol. The van der Waals surface area contributed by atoms with Gasteiger partial charge in [0, 0.05) is 42.5 Å². The van der Waals surface area contributed by atoms with Crippen LogP contribution in [0.15, 0.2) is 127 Å². The monoisotopic (exact) mass is 599 g/mol. The van der Waals surface area contributed by atoms with Crippen molar-refractivity contribution < 1.29 is 18.7 Å². The van der Waals surface area contributed by atoms with Crippen molar-refractivity contribution in [2.24, 2.45) is 0 Å². The van der Waals surface area contributed by atoms with E-state index in [4.69, 9.17) is 4.74 Å². The Morgan fingerprint density at radius 1 is 0.756 bits per heavy atom. The Labute approximate surface area is 262 Å². The molecule has 226 valence electrons. The Balaban J connectivity index is 1.12. The molecule has 7 heteroatoms. The summed E-state index contributed by atoms with van der Waals surface area (Å²) >= 11 is 0. The molecule has 6 nitrogen and oxygen atoms in total. The topological polar surface area (TPSA) is 61.9 Å². The third kappa shape index (κ3) is 7.04. The van der Waals surface area contributed by atoms with Crippen LogP contribution in [-0.2, 0) is 0 Å². The number of hydrogen-bond donors (Lipinski definition) is 1. The molecule has 5 aromatic carbocycles. The van der Waals surface area contributed by atoms with E-state index in [1.165, 1.54) is 12.1 Å². The van der Waals surface area contributed by atoms with Crippen molar-refractivity contribution in [2.45, 2.75) is 12.8 Å². The third-order valence-corrected chi connectivity index (χ3v) is 7.85. The molecule has 0 saturated heterocycles. The molecule has 5 aromatic rings. The predicted octanol–water partition coefficient (Wildman–Crippen LogP) is 8.07. The SMILES string of the molecule is O=C(Nc1ccc(C(=O)N2CCCN(CCCOc3cccc(F)c3)c3ccccc32)cc1)c1ccccc1-c1ccccc1. The van der Waals surface area contributed by atoms with Crippen molar-refractivity contribution in [3.63, 3.8) is 0 Å². The van der Waals surface area contributed by atoms with E-state index in [9.17, 15) is 14.0 Å². The fourth-order valence-corrected chi connectivity index (χ4v) is 5.67. The maximum absolute atomic E-state index is 13.8. The molecule has 0 spiro atoms. The molecule has 0 atom stereocenters. The van der Waals surface area contributed by atoms with E-state index in [-0.39, 0.29) is 17.6 Å². The van der Waals surface area contributed by atoms with Crippen LogP contribution in [0.2, 0.25) is 0 Å². The maximum atomic E-state index is 13.8. The first-order valence-electron chi connectivity index (χ1n) is 15.2. The normalized spacial score (nSPS) is 12.6. The van der Waals surface area contributed by atoms with Crippen molar-refractivity contribution in [3.05, 3.63) is 144 Å². The molecule has 0 bridgehead atoms. The third-order valence-electron chi connectivity index (χ3n) is 7.85. The molecule has 1 heterocycles. The van der Waals surface area contributed by atoms with Crippen LogP contribution >= 0.6 is 0 Å². The Morgan fingerprint density at radius 2 is 1.49 bits per heavy atom. The number of fused-ring (bicyclic) bond motifs is 1. The number of rotatable bonds is 9. The summed E-state index contributed by atoms with van der Waals surface area (Å²) in [6.45, 7) is 2.60. The number of nitrogens with zero attached hydrogens (tertiary/aromatic N) is 2. The van der Waals surface area contributed by atoms with Gasteiger partial charge in [-0.15, -0.1) is 0 Å².